The quantitative estimate of drug-likeness (QED) is 0.583. The van der Waals surface area contributed by atoms with E-state index in [9.17, 15) is 9.90 Å². The number of hydrogen-bond acceptors (Lipinski definition) is 2. The molecule has 2 N–H and O–H groups in total. The molecule has 0 saturated carbocycles. The molecule has 0 heterocycles. The van der Waals surface area contributed by atoms with E-state index in [0.29, 0.717) is 17.4 Å². The number of carboxylic acid groups (broad SMARTS) is 1. The van der Waals surface area contributed by atoms with Gasteiger partial charge < -0.3 is 10.2 Å². The zero-order chi connectivity index (χ0) is 13.7. The van der Waals surface area contributed by atoms with Crippen molar-refractivity contribution in [2.24, 2.45) is 11.8 Å². The Labute approximate surface area is 109 Å². The molecule has 3 nitrogen and oxygen atoms in total. The van der Waals surface area contributed by atoms with Gasteiger partial charge in [0, 0.05) is 5.57 Å². The van der Waals surface area contributed by atoms with E-state index in [-0.39, 0.29) is 6.10 Å². The van der Waals surface area contributed by atoms with Crippen LogP contribution in [0.25, 0.3) is 0 Å². The first kappa shape index (κ1) is 15.0. The fourth-order valence-electron chi connectivity index (χ4n) is 2.55. The lowest BCUT2D eigenvalue weighted by molar-refractivity contribution is -0.132. The molecule has 3 atom stereocenters. The van der Waals surface area contributed by atoms with Gasteiger partial charge in [0.25, 0.3) is 0 Å². The van der Waals surface area contributed by atoms with E-state index in [0.717, 1.165) is 25.7 Å². The molecule has 0 aromatic heterocycles. The SMILES string of the molecule is CC1=C[C@H](O)[C@H]([C@H](C)CC/C=C(\C)C(=O)O)CC1. The Balaban J connectivity index is 2.44. The Hall–Kier alpha value is -1.09. The Morgan fingerprint density at radius 3 is 2.83 bits per heavy atom. The minimum Gasteiger partial charge on any atom is -0.478 e. The number of carboxylic acids is 1. The average Bonchev–Trinajstić information content (AvgIpc) is 2.28. The molecule has 0 aliphatic heterocycles. The molecule has 0 unspecified atom stereocenters. The minimum atomic E-state index is -0.848. The monoisotopic (exact) mass is 252 g/mol. The molecule has 18 heavy (non-hydrogen) atoms. The highest BCUT2D eigenvalue weighted by atomic mass is 16.4. The van der Waals surface area contributed by atoms with E-state index in [1.54, 1.807) is 13.0 Å². The van der Waals surface area contributed by atoms with Gasteiger partial charge in [-0.05, 0) is 51.4 Å². The molecule has 0 radical (unpaired) electrons. The van der Waals surface area contributed by atoms with Crippen molar-refractivity contribution < 1.29 is 15.0 Å². The van der Waals surface area contributed by atoms with Crippen LogP contribution in [0, 0.1) is 11.8 Å². The summed E-state index contributed by atoms with van der Waals surface area (Å²) in [6.45, 7) is 5.82. The lowest BCUT2D eigenvalue weighted by Crippen LogP contribution is -2.28. The van der Waals surface area contributed by atoms with Crippen molar-refractivity contribution in [1.29, 1.82) is 0 Å². The van der Waals surface area contributed by atoms with Crippen molar-refractivity contribution in [2.45, 2.75) is 52.6 Å². The fourth-order valence-corrected chi connectivity index (χ4v) is 2.55. The van der Waals surface area contributed by atoms with Gasteiger partial charge in [0.1, 0.15) is 0 Å². The van der Waals surface area contributed by atoms with Crippen molar-refractivity contribution in [3.8, 4) is 0 Å². The maximum atomic E-state index is 10.6. The second kappa shape index (κ2) is 6.74. The molecule has 0 fully saturated rings. The Morgan fingerprint density at radius 1 is 1.61 bits per heavy atom. The highest BCUT2D eigenvalue weighted by Gasteiger charge is 2.26. The minimum absolute atomic E-state index is 0.312. The first-order chi connectivity index (χ1) is 8.41. The molecule has 0 amide bonds. The van der Waals surface area contributed by atoms with E-state index in [4.69, 9.17) is 5.11 Å². The molecular formula is C15H24O3. The summed E-state index contributed by atoms with van der Waals surface area (Å²) in [6, 6.07) is 0. The van der Waals surface area contributed by atoms with Crippen molar-refractivity contribution >= 4 is 5.97 Å². The Kier molecular flexibility index (Phi) is 5.60. The zero-order valence-corrected chi connectivity index (χ0v) is 11.5. The number of rotatable bonds is 5. The molecule has 0 aromatic carbocycles. The van der Waals surface area contributed by atoms with Gasteiger partial charge in [-0.15, -0.1) is 0 Å². The van der Waals surface area contributed by atoms with Gasteiger partial charge in [-0.3, -0.25) is 0 Å². The predicted octanol–water partition coefficient (Wildman–Crippen LogP) is 3.15. The van der Waals surface area contributed by atoms with Crippen LogP contribution in [-0.2, 0) is 4.79 Å². The first-order valence-electron chi connectivity index (χ1n) is 6.67. The smallest absolute Gasteiger partial charge is 0.330 e. The topological polar surface area (TPSA) is 57.5 Å². The molecule has 0 aromatic rings. The number of hydrogen-bond donors (Lipinski definition) is 2. The van der Waals surface area contributed by atoms with E-state index >= 15 is 0 Å². The van der Waals surface area contributed by atoms with E-state index in [1.165, 1.54) is 5.57 Å². The third-order valence-electron chi connectivity index (χ3n) is 3.91. The third-order valence-corrected chi connectivity index (χ3v) is 3.91. The molecule has 102 valence electrons. The standard InChI is InChI=1S/C15H24O3/c1-10-7-8-13(14(16)9-10)11(2)5-4-6-12(3)15(17)18/h6,9,11,13-14,16H,4-5,7-8H2,1-3H3,(H,17,18)/b12-6+/t11-,13+,14+/m1/s1. The van der Waals surface area contributed by atoms with Gasteiger partial charge in [0.2, 0.25) is 0 Å². The molecule has 1 aliphatic rings. The van der Waals surface area contributed by atoms with Crippen LogP contribution >= 0.6 is 0 Å². The lowest BCUT2D eigenvalue weighted by Gasteiger charge is -2.30. The van der Waals surface area contributed by atoms with Crippen LogP contribution in [0.1, 0.15) is 46.5 Å². The molecule has 0 saturated heterocycles. The second-order valence-corrected chi connectivity index (χ2v) is 5.45. The van der Waals surface area contributed by atoms with Crippen molar-refractivity contribution in [3.63, 3.8) is 0 Å². The predicted molar refractivity (Wildman–Crippen MR) is 72.3 cm³/mol. The van der Waals surface area contributed by atoms with Gasteiger partial charge in [-0.25, -0.2) is 4.79 Å². The van der Waals surface area contributed by atoms with Crippen LogP contribution in [0.2, 0.25) is 0 Å². The van der Waals surface area contributed by atoms with Crippen LogP contribution in [-0.4, -0.2) is 22.3 Å². The van der Waals surface area contributed by atoms with Gasteiger partial charge in [0.15, 0.2) is 0 Å². The highest BCUT2D eigenvalue weighted by molar-refractivity contribution is 5.85. The summed E-state index contributed by atoms with van der Waals surface area (Å²) >= 11 is 0. The molecule has 1 aliphatic carbocycles. The average molecular weight is 252 g/mol. The van der Waals surface area contributed by atoms with Crippen LogP contribution < -0.4 is 0 Å². The summed E-state index contributed by atoms with van der Waals surface area (Å²) in [4.78, 5) is 10.6. The molecule has 0 bridgehead atoms. The van der Waals surface area contributed by atoms with Gasteiger partial charge in [0.05, 0.1) is 6.10 Å². The first-order valence-corrected chi connectivity index (χ1v) is 6.67. The fraction of sp³-hybridized carbons (Fsp3) is 0.667. The molecule has 3 heteroatoms. The Bertz CT molecular complexity index is 355. The zero-order valence-electron chi connectivity index (χ0n) is 11.5. The summed E-state index contributed by atoms with van der Waals surface area (Å²) in [5, 5.41) is 18.8. The van der Waals surface area contributed by atoms with Crippen molar-refractivity contribution in [1.82, 2.24) is 0 Å². The Morgan fingerprint density at radius 2 is 2.28 bits per heavy atom. The van der Waals surface area contributed by atoms with Crippen LogP contribution in [0.4, 0.5) is 0 Å². The number of aliphatic hydroxyl groups is 1. The lowest BCUT2D eigenvalue weighted by atomic mass is 9.78. The summed E-state index contributed by atoms with van der Waals surface area (Å²) in [5.41, 5.74) is 1.68. The number of allylic oxidation sites excluding steroid dienone is 2. The summed E-state index contributed by atoms with van der Waals surface area (Å²) in [5.74, 6) is -0.117. The number of carbonyl (C=O) groups is 1. The number of aliphatic hydroxyl groups excluding tert-OH is 1. The van der Waals surface area contributed by atoms with Crippen LogP contribution in [0.15, 0.2) is 23.3 Å². The number of aliphatic carboxylic acids is 1. The summed E-state index contributed by atoms with van der Waals surface area (Å²) < 4.78 is 0. The maximum absolute atomic E-state index is 10.6. The summed E-state index contributed by atoms with van der Waals surface area (Å²) in [7, 11) is 0. The maximum Gasteiger partial charge on any atom is 0.330 e. The molecule has 1 rings (SSSR count). The normalized spacial score (nSPS) is 26.7. The van der Waals surface area contributed by atoms with E-state index in [1.807, 2.05) is 6.08 Å². The van der Waals surface area contributed by atoms with Gasteiger partial charge in [-0.1, -0.05) is 24.6 Å². The summed E-state index contributed by atoms with van der Waals surface area (Å²) in [6.07, 6.45) is 7.20. The third kappa shape index (κ3) is 4.30. The van der Waals surface area contributed by atoms with Gasteiger partial charge in [-0.2, -0.15) is 0 Å². The van der Waals surface area contributed by atoms with Gasteiger partial charge >= 0.3 is 5.97 Å². The molecular weight excluding hydrogens is 228 g/mol. The van der Waals surface area contributed by atoms with Crippen molar-refractivity contribution in [2.75, 3.05) is 0 Å². The largest absolute Gasteiger partial charge is 0.478 e. The molecule has 0 spiro atoms. The van der Waals surface area contributed by atoms with Crippen LogP contribution in [0.5, 0.6) is 0 Å². The van der Waals surface area contributed by atoms with Crippen LogP contribution in [0.3, 0.4) is 0 Å². The highest BCUT2D eigenvalue weighted by Crippen LogP contribution is 2.31. The van der Waals surface area contributed by atoms with E-state index in [2.05, 4.69) is 13.8 Å². The van der Waals surface area contributed by atoms with E-state index < -0.39 is 5.97 Å². The van der Waals surface area contributed by atoms with Crippen molar-refractivity contribution in [3.05, 3.63) is 23.3 Å². The second-order valence-electron chi connectivity index (χ2n) is 5.45.